The van der Waals surface area contributed by atoms with Crippen molar-refractivity contribution in [1.29, 1.82) is 0 Å². The fourth-order valence-corrected chi connectivity index (χ4v) is 3.02. The van der Waals surface area contributed by atoms with Crippen LogP contribution in [0.5, 0.6) is 5.75 Å². The molecule has 140 valence electrons. The number of pyridine rings is 1. The summed E-state index contributed by atoms with van der Waals surface area (Å²) in [4.78, 5) is 28.8. The van der Waals surface area contributed by atoms with E-state index in [4.69, 9.17) is 4.74 Å². The molecule has 0 atom stereocenters. The van der Waals surface area contributed by atoms with Gasteiger partial charge in [0.15, 0.2) is 5.49 Å². The number of benzene rings is 1. The largest absolute Gasteiger partial charge is 0.489 e. The summed E-state index contributed by atoms with van der Waals surface area (Å²) in [5.41, 5.74) is 3.33. The zero-order valence-electron chi connectivity index (χ0n) is 15.8. The summed E-state index contributed by atoms with van der Waals surface area (Å²) in [5, 5.41) is 0.812. The Labute approximate surface area is 162 Å². The van der Waals surface area contributed by atoms with E-state index >= 15 is 0 Å². The Morgan fingerprint density at radius 3 is 2.71 bits per heavy atom. The molecule has 3 heterocycles. The lowest BCUT2D eigenvalue weighted by Crippen LogP contribution is -2.34. The van der Waals surface area contributed by atoms with Gasteiger partial charge in [-0.05, 0) is 31.5 Å². The van der Waals surface area contributed by atoms with E-state index in [0.29, 0.717) is 24.2 Å². The van der Waals surface area contributed by atoms with Crippen molar-refractivity contribution < 1.29 is 9.53 Å². The first-order valence-electron chi connectivity index (χ1n) is 9.23. The van der Waals surface area contributed by atoms with Gasteiger partial charge < -0.3 is 4.74 Å². The fraction of sp³-hybridized carbons (Fsp3) is 0.227. The van der Waals surface area contributed by atoms with Gasteiger partial charge in [0.25, 0.3) is 5.91 Å². The number of fused-ring (bicyclic) bond motifs is 1. The van der Waals surface area contributed by atoms with Crippen molar-refractivity contribution in [3.05, 3.63) is 70.9 Å². The van der Waals surface area contributed by atoms with Crippen LogP contribution in [0.15, 0.2) is 53.8 Å². The van der Waals surface area contributed by atoms with E-state index in [2.05, 4.69) is 19.9 Å². The second-order valence-electron chi connectivity index (χ2n) is 6.87. The number of amides is 1. The standard InChI is InChI=1S/C22H20N4O2/c1-14(2)28-18-4-3-11-23-21(18)16-7-5-15(6-8-16)12-19-24-13-17-9-10-20(27)26-22(17)25-19/h3-9,11,13-14H,10,12H2,1-2H3. The third-order valence-corrected chi connectivity index (χ3v) is 4.30. The van der Waals surface area contributed by atoms with E-state index in [1.165, 1.54) is 0 Å². The Balaban J connectivity index is 1.58. The number of carbonyl (C=O) groups excluding carboxylic acids is 1. The first-order valence-corrected chi connectivity index (χ1v) is 9.23. The molecule has 0 saturated heterocycles. The fourth-order valence-electron chi connectivity index (χ4n) is 3.02. The van der Waals surface area contributed by atoms with E-state index < -0.39 is 0 Å². The van der Waals surface area contributed by atoms with E-state index in [1.807, 2.05) is 56.3 Å². The summed E-state index contributed by atoms with van der Waals surface area (Å²) < 4.78 is 5.86. The molecule has 6 heteroatoms. The van der Waals surface area contributed by atoms with Gasteiger partial charge in [-0.2, -0.15) is 4.99 Å². The van der Waals surface area contributed by atoms with Crippen LogP contribution in [0.3, 0.4) is 0 Å². The summed E-state index contributed by atoms with van der Waals surface area (Å²) in [5.74, 6) is 1.24. The van der Waals surface area contributed by atoms with Gasteiger partial charge in [-0.25, -0.2) is 9.97 Å². The van der Waals surface area contributed by atoms with E-state index in [9.17, 15) is 4.79 Å². The molecule has 6 nitrogen and oxygen atoms in total. The summed E-state index contributed by atoms with van der Waals surface area (Å²) >= 11 is 0. The van der Waals surface area contributed by atoms with Crippen LogP contribution in [0, 0.1) is 0 Å². The Hall–Kier alpha value is -3.41. The SMILES string of the molecule is CC(C)Oc1cccnc1-c1ccc(Cc2ncc3c(n2)=NC(=O)CC=3)cc1. The minimum atomic E-state index is -0.170. The zero-order valence-corrected chi connectivity index (χ0v) is 15.8. The third-order valence-electron chi connectivity index (χ3n) is 4.30. The number of carbonyl (C=O) groups is 1. The summed E-state index contributed by atoms with van der Waals surface area (Å²) in [6.07, 6.45) is 6.26. The maximum absolute atomic E-state index is 11.5. The molecule has 1 aliphatic heterocycles. The first-order chi connectivity index (χ1) is 13.6. The molecule has 0 N–H and O–H groups in total. The molecule has 1 aliphatic rings. The van der Waals surface area contributed by atoms with Crippen LogP contribution in [-0.2, 0) is 11.2 Å². The van der Waals surface area contributed by atoms with Crippen LogP contribution in [0.25, 0.3) is 17.3 Å². The van der Waals surface area contributed by atoms with Crippen molar-refractivity contribution in [3.63, 3.8) is 0 Å². The van der Waals surface area contributed by atoms with Gasteiger partial charge in [-0.3, -0.25) is 9.78 Å². The van der Waals surface area contributed by atoms with Gasteiger partial charge in [0.2, 0.25) is 0 Å². The van der Waals surface area contributed by atoms with Gasteiger partial charge in [0, 0.05) is 36.0 Å². The van der Waals surface area contributed by atoms with Gasteiger partial charge in [0.05, 0.1) is 6.10 Å². The number of nitrogens with zero attached hydrogens (tertiary/aromatic N) is 4. The van der Waals surface area contributed by atoms with Crippen LogP contribution in [0.2, 0.25) is 0 Å². The lowest BCUT2D eigenvalue weighted by molar-refractivity contribution is -0.117. The molecule has 28 heavy (non-hydrogen) atoms. The molecule has 0 radical (unpaired) electrons. The summed E-state index contributed by atoms with van der Waals surface area (Å²) in [7, 11) is 0. The predicted octanol–water partition coefficient (Wildman–Crippen LogP) is 2.25. The molecule has 0 unspecified atom stereocenters. The van der Waals surface area contributed by atoms with Crippen molar-refractivity contribution in [2.24, 2.45) is 4.99 Å². The number of rotatable bonds is 5. The lowest BCUT2D eigenvalue weighted by Gasteiger charge is -2.13. The van der Waals surface area contributed by atoms with Gasteiger partial charge in [0.1, 0.15) is 17.3 Å². The monoisotopic (exact) mass is 372 g/mol. The first kappa shape index (κ1) is 18.0. The maximum Gasteiger partial charge on any atom is 0.251 e. The molecular weight excluding hydrogens is 352 g/mol. The highest BCUT2D eigenvalue weighted by atomic mass is 16.5. The van der Waals surface area contributed by atoms with E-state index in [1.54, 1.807) is 12.4 Å². The van der Waals surface area contributed by atoms with E-state index in [0.717, 1.165) is 27.8 Å². The molecular formula is C22H20N4O2. The van der Waals surface area contributed by atoms with Crippen LogP contribution in [-0.4, -0.2) is 27.0 Å². The molecule has 1 amide bonds. The second kappa shape index (κ2) is 7.68. The second-order valence-corrected chi connectivity index (χ2v) is 6.87. The average molecular weight is 372 g/mol. The van der Waals surface area contributed by atoms with Crippen molar-refractivity contribution in [2.45, 2.75) is 32.8 Å². The summed E-state index contributed by atoms with van der Waals surface area (Å²) in [6, 6.07) is 11.9. The van der Waals surface area contributed by atoms with Gasteiger partial charge in [-0.1, -0.05) is 30.3 Å². The normalized spacial score (nSPS) is 12.9. The number of ether oxygens (including phenoxy) is 1. The Morgan fingerprint density at radius 2 is 1.93 bits per heavy atom. The molecule has 0 fully saturated rings. The highest BCUT2D eigenvalue weighted by molar-refractivity contribution is 5.82. The Morgan fingerprint density at radius 1 is 1.11 bits per heavy atom. The number of hydrogen-bond donors (Lipinski definition) is 0. The Bertz CT molecular complexity index is 1140. The molecule has 0 spiro atoms. The Kier molecular flexibility index (Phi) is 4.93. The topological polar surface area (TPSA) is 77.3 Å². The molecule has 4 rings (SSSR count). The number of hydrogen-bond acceptors (Lipinski definition) is 5. The highest BCUT2D eigenvalue weighted by Gasteiger charge is 2.10. The summed E-state index contributed by atoms with van der Waals surface area (Å²) in [6.45, 7) is 3.99. The molecule has 0 saturated carbocycles. The van der Waals surface area contributed by atoms with Crippen LogP contribution in [0.1, 0.15) is 31.7 Å². The van der Waals surface area contributed by atoms with E-state index in [-0.39, 0.29) is 12.0 Å². The van der Waals surface area contributed by atoms with Crippen molar-refractivity contribution in [3.8, 4) is 17.0 Å². The van der Waals surface area contributed by atoms with Gasteiger partial charge in [-0.15, -0.1) is 0 Å². The van der Waals surface area contributed by atoms with Crippen LogP contribution < -0.4 is 15.4 Å². The molecule has 0 aliphatic carbocycles. The molecule has 1 aromatic carbocycles. The zero-order chi connectivity index (χ0) is 19.5. The number of aromatic nitrogens is 3. The smallest absolute Gasteiger partial charge is 0.251 e. The van der Waals surface area contributed by atoms with Crippen LogP contribution >= 0.6 is 0 Å². The van der Waals surface area contributed by atoms with Crippen molar-refractivity contribution >= 4 is 12.0 Å². The van der Waals surface area contributed by atoms with Crippen molar-refractivity contribution in [2.75, 3.05) is 0 Å². The lowest BCUT2D eigenvalue weighted by atomic mass is 10.1. The highest BCUT2D eigenvalue weighted by Crippen LogP contribution is 2.28. The predicted molar refractivity (Wildman–Crippen MR) is 105 cm³/mol. The van der Waals surface area contributed by atoms with Crippen molar-refractivity contribution in [1.82, 2.24) is 15.0 Å². The molecule has 2 aromatic heterocycles. The third kappa shape index (κ3) is 3.96. The van der Waals surface area contributed by atoms with Crippen LogP contribution in [0.4, 0.5) is 0 Å². The molecule has 3 aromatic rings. The average Bonchev–Trinajstić information content (AvgIpc) is 2.68. The quantitative estimate of drug-likeness (QED) is 0.686. The maximum atomic E-state index is 11.5. The minimum Gasteiger partial charge on any atom is -0.489 e. The van der Waals surface area contributed by atoms with Gasteiger partial charge >= 0.3 is 0 Å². The molecule has 0 bridgehead atoms. The minimum absolute atomic E-state index is 0.0814.